The van der Waals surface area contributed by atoms with Gasteiger partial charge in [0.1, 0.15) is 0 Å². The van der Waals surface area contributed by atoms with Crippen molar-refractivity contribution in [1.82, 2.24) is 10.2 Å². The van der Waals surface area contributed by atoms with Crippen LogP contribution in [-0.2, 0) is 11.3 Å². The smallest absolute Gasteiger partial charge is 0.317 e. The molecule has 1 aromatic carbocycles. The normalized spacial score (nSPS) is 9.95. The molecule has 1 aromatic rings. The molecule has 0 aliphatic rings. The number of carbonyl (C=O) groups excluding carboxylic acids is 1. The van der Waals surface area contributed by atoms with Gasteiger partial charge in [0.2, 0.25) is 0 Å². The predicted octanol–water partition coefficient (Wildman–Crippen LogP) is 2.42. The van der Waals surface area contributed by atoms with Gasteiger partial charge in [-0.3, -0.25) is 0 Å². The van der Waals surface area contributed by atoms with E-state index in [9.17, 15) is 4.79 Å². The molecule has 0 spiro atoms. The number of urea groups is 1. The molecule has 0 atom stereocenters. The minimum absolute atomic E-state index is 0.0696. The summed E-state index contributed by atoms with van der Waals surface area (Å²) in [5, 5.41) is 2.88. The van der Waals surface area contributed by atoms with Gasteiger partial charge < -0.3 is 15.0 Å². The highest BCUT2D eigenvalue weighted by Gasteiger charge is 2.11. The van der Waals surface area contributed by atoms with Gasteiger partial charge in [-0.15, -0.1) is 6.58 Å². The number of nitrogens with zero attached hydrogens (tertiary/aromatic N) is 1. The van der Waals surface area contributed by atoms with Crippen molar-refractivity contribution in [2.75, 3.05) is 26.8 Å². The fraction of sp³-hybridized carbons (Fsp3) is 0.400. The first-order chi connectivity index (χ1) is 9.27. The third-order valence-corrected chi connectivity index (χ3v) is 2.65. The Balaban J connectivity index is 2.47. The number of methoxy groups -OCH3 is 1. The molecule has 0 aliphatic carbocycles. The minimum Gasteiger partial charge on any atom is -0.385 e. The zero-order chi connectivity index (χ0) is 13.9. The largest absolute Gasteiger partial charge is 0.385 e. The van der Waals surface area contributed by atoms with Gasteiger partial charge in [0, 0.05) is 33.4 Å². The molecular weight excluding hydrogens is 240 g/mol. The maximum Gasteiger partial charge on any atom is 0.317 e. The molecule has 1 rings (SSSR count). The Morgan fingerprint density at radius 2 is 2.16 bits per heavy atom. The Labute approximate surface area is 115 Å². The molecule has 0 saturated carbocycles. The maximum absolute atomic E-state index is 12.0. The summed E-state index contributed by atoms with van der Waals surface area (Å²) in [7, 11) is 1.65. The molecule has 0 unspecified atom stereocenters. The third kappa shape index (κ3) is 6.06. The van der Waals surface area contributed by atoms with Crippen LogP contribution in [0.3, 0.4) is 0 Å². The molecule has 0 aliphatic heterocycles. The molecule has 1 N–H and O–H groups in total. The second kappa shape index (κ2) is 9.16. The molecule has 104 valence electrons. The highest BCUT2D eigenvalue weighted by molar-refractivity contribution is 5.74. The lowest BCUT2D eigenvalue weighted by molar-refractivity contribution is 0.186. The fourth-order valence-electron chi connectivity index (χ4n) is 1.70. The van der Waals surface area contributed by atoms with Crippen molar-refractivity contribution in [2.45, 2.75) is 13.0 Å². The summed E-state index contributed by atoms with van der Waals surface area (Å²) in [5.74, 6) is 0. The molecule has 2 amide bonds. The van der Waals surface area contributed by atoms with Crippen LogP contribution in [-0.4, -0.2) is 37.7 Å². The molecular formula is C15H22N2O2. The van der Waals surface area contributed by atoms with E-state index in [1.807, 2.05) is 30.3 Å². The Bertz CT molecular complexity index is 379. The number of benzene rings is 1. The van der Waals surface area contributed by atoms with Gasteiger partial charge in [0.15, 0.2) is 0 Å². The van der Waals surface area contributed by atoms with E-state index in [1.165, 1.54) is 0 Å². The number of hydrogen-bond acceptors (Lipinski definition) is 2. The highest BCUT2D eigenvalue weighted by Crippen LogP contribution is 2.04. The Morgan fingerprint density at radius 3 is 2.79 bits per heavy atom. The fourth-order valence-corrected chi connectivity index (χ4v) is 1.70. The summed E-state index contributed by atoms with van der Waals surface area (Å²) in [6.45, 7) is 6.08. The van der Waals surface area contributed by atoms with Crippen molar-refractivity contribution >= 4 is 6.03 Å². The Kier molecular flexibility index (Phi) is 7.35. The summed E-state index contributed by atoms with van der Waals surface area (Å²) < 4.78 is 4.95. The van der Waals surface area contributed by atoms with Crippen LogP contribution < -0.4 is 5.32 Å². The summed E-state index contributed by atoms with van der Waals surface area (Å²) in [4.78, 5) is 13.8. The van der Waals surface area contributed by atoms with E-state index in [-0.39, 0.29) is 6.03 Å². The van der Waals surface area contributed by atoms with Crippen LogP contribution in [0.1, 0.15) is 12.0 Å². The van der Waals surface area contributed by atoms with E-state index < -0.39 is 0 Å². The van der Waals surface area contributed by atoms with Gasteiger partial charge in [-0.2, -0.15) is 0 Å². The zero-order valence-corrected chi connectivity index (χ0v) is 11.5. The second-order valence-corrected chi connectivity index (χ2v) is 4.23. The van der Waals surface area contributed by atoms with E-state index >= 15 is 0 Å². The van der Waals surface area contributed by atoms with E-state index in [1.54, 1.807) is 18.1 Å². The number of hydrogen-bond donors (Lipinski definition) is 1. The first-order valence-corrected chi connectivity index (χ1v) is 6.44. The van der Waals surface area contributed by atoms with Crippen LogP contribution in [0.4, 0.5) is 4.79 Å². The zero-order valence-electron chi connectivity index (χ0n) is 11.5. The van der Waals surface area contributed by atoms with Crippen LogP contribution in [0.15, 0.2) is 43.0 Å². The number of carbonyl (C=O) groups is 1. The predicted molar refractivity (Wildman–Crippen MR) is 76.9 cm³/mol. The summed E-state index contributed by atoms with van der Waals surface area (Å²) in [6.07, 6.45) is 2.55. The van der Waals surface area contributed by atoms with Crippen LogP contribution in [0.25, 0.3) is 0 Å². The summed E-state index contributed by atoms with van der Waals surface area (Å²) in [6, 6.07) is 9.85. The minimum atomic E-state index is -0.0696. The average Bonchev–Trinajstić information content (AvgIpc) is 2.44. The monoisotopic (exact) mass is 262 g/mol. The van der Waals surface area contributed by atoms with E-state index in [2.05, 4.69) is 11.9 Å². The van der Waals surface area contributed by atoms with Crippen molar-refractivity contribution in [1.29, 1.82) is 0 Å². The molecule has 0 fully saturated rings. The maximum atomic E-state index is 12.0. The van der Waals surface area contributed by atoms with Gasteiger partial charge >= 0.3 is 6.03 Å². The van der Waals surface area contributed by atoms with Crippen LogP contribution in [0.5, 0.6) is 0 Å². The lowest BCUT2D eigenvalue weighted by atomic mass is 10.2. The average molecular weight is 262 g/mol. The van der Waals surface area contributed by atoms with Crippen LogP contribution in [0.2, 0.25) is 0 Å². The number of amides is 2. The summed E-state index contributed by atoms with van der Waals surface area (Å²) >= 11 is 0. The molecule has 0 bridgehead atoms. The van der Waals surface area contributed by atoms with Gasteiger partial charge in [0.05, 0.1) is 0 Å². The Morgan fingerprint density at radius 1 is 1.42 bits per heavy atom. The molecule has 0 aromatic heterocycles. The van der Waals surface area contributed by atoms with Crippen LogP contribution in [0, 0.1) is 0 Å². The van der Waals surface area contributed by atoms with Crippen molar-refractivity contribution < 1.29 is 9.53 Å². The molecule has 0 heterocycles. The van der Waals surface area contributed by atoms with E-state index in [0.29, 0.717) is 26.2 Å². The summed E-state index contributed by atoms with van der Waals surface area (Å²) in [5.41, 5.74) is 1.11. The molecule has 4 nitrogen and oxygen atoms in total. The standard InChI is InChI=1S/C15H22N2O2/c1-3-11-17(13-14-8-5-4-6-9-14)15(18)16-10-7-12-19-2/h3-6,8-9H,1,7,10-13H2,2H3,(H,16,18). The van der Waals surface area contributed by atoms with Crippen molar-refractivity contribution in [3.63, 3.8) is 0 Å². The van der Waals surface area contributed by atoms with Crippen molar-refractivity contribution in [3.05, 3.63) is 48.6 Å². The van der Waals surface area contributed by atoms with E-state index in [4.69, 9.17) is 4.74 Å². The van der Waals surface area contributed by atoms with Crippen molar-refractivity contribution in [3.8, 4) is 0 Å². The molecule has 4 heteroatoms. The quantitative estimate of drug-likeness (QED) is 0.577. The first-order valence-electron chi connectivity index (χ1n) is 6.44. The second-order valence-electron chi connectivity index (χ2n) is 4.23. The molecule has 0 radical (unpaired) electrons. The van der Waals surface area contributed by atoms with Gasteiger partial charge in [-0.1, -0.05) is 36.4 Å². The topological polar surface area (TPSA) is 41.6 Å². The number of ether oxygens (including phenoxy) is 1. The molecule has 19 heavy (non-hydrogen) atoms. The molecule has 0 saturated heterocycles. The van der Waals surface area contributed by atoms with Crippen LogP contribution >= 0.6 is 0 Å². The highest BCUT2D eigenvalue weighted by atomic mass is 16.5. The number of rotatable bonds is 8. The SMILES string of the molecule is C=CCN(Cc1ccccc1)C(=O)NCCCOC. The number of nitrogens with one attached hydrogen (secondary N) is 1. The van der Waals surface area contributed by atoms with Gasteiger partial charge in [-0.25, -0.2) is 4.79 Å². The van der Waals surface area contributed by atoms with E-state index in [0.717, 1.165) is 12.0 Å². The lowest BCUT2D eigenvalue weighted by Gasteiger charge is -2.21. The van der Waals surface area contributed by atoms with Gasteiger partial charge in [-0.05, 0) is 12.0 Å². The van der Waals surface area contributed by atoms with Gasteiger partial charge in [0.25, 0.3) is 0 Å². The van der Waals surface area contributed by atoms with Crippen molar-refractivity contribution in [2.24, 2.45) is 0 Å². The Hall–Kier alpha value is -1.81. The first kappa shape index (κ1) is 15.2. The lowest BCUT2D eigenvalue weighted by Crippen LogP contribution is -2.40. The third-order valence-electron chi connectivity index (χ3n) is 2.65.